The maximum Gasteiger partial charge on any atom is 0.0242 e. The van der Waals surface area contributed by atoms with E-state index in [1.807, 2.05) is 0 Å². The standard InChI is InChI=1S/C17H26N2/c1-13-5-3-6-14(2)19(13)12-16-8-4-7-15-11-18-10-9-17(15)16/h4,7-8,13-14,18H,3,5-6,9-12H2,1-2H3/t13-,14+. The zero-order valence-corrected chi connectivity index (χ0v) is 12.3. The van der Waals surface area contributed by atoms with Crippen LogP contribution >= 0.6 is 0 Å². The Kier molecular flexibility index (Phi) is 3.90. The molecule has 0 aromatic heterocycles. The maximum absolute atomic E-state index is 3.48. The number of nitrogens with one attached hydrogen (secondary N) is 1. The lowest BCUT2D eigenvalue weighted by Gasteiger charge is -2.39. The van der Waals surface area contributed by atoms with Crippen LogP contribution in [0.4, 0.5) is 0 Å². The van der Waals surface area contributed by atoms with Crippen molar-refractivity contribution in [1.29, 1.82) is 0 Å². The van der Waals surface area contributed by atoms with Gasteiger partial charge in [-0.1, -0.05) is 24.6 Å². The van der Waals surface area contributed by atoms with Gasteiger partial charge in [-0.3, -0.25) is 4.90 Å². The molecule has 1 N–H and O–H groups in total. The predicted molar refractivity (Wildman–Crippen MR) is 80.2 cm³/mol. The van der Waals surface area contributed by atoms with Crippen LogP contribution in [0.3, 0.4) is 0 Å². The molecule has 1 aromatic rings. The molecular weight excluding hydrogens is 232 g/mol. The van der Waals surface area contributed by atoms with Crippen molar-refractivity contribution < 1.29 is 0 Å². The van der Waals surface area contributed by atoms with Gasteiger partial charge in [-0.2, -0.15) is 0 Å². The van der Waals surface area contributed by atoms with Crippen molar-refractivity contribution >= 4 is 0 Å². The molecule has 2 nitrogen and oxygen atoms in total. The zero-order valence-electron chi connectivity index (χ0n) is 12.3. The highest BCUT2D eigenvalue weighted by atomic mass is 15.2. The molecule has 0 radical (unpaired) electrons. The smallest absolute Gasteiger partial charge is 0.0242 e. The van der Waals surface area contributed by atoms with Crippen LogP contribution in [0.15, 0.2) is 18.2 Å². The third-order valence-electron chi connectivity index (χ3n) is 4.97. The van der Waals surface area contributed by atoms with Crippen LogP contribution in [0.1, 0.15) is 49.8 Å². The lowest BCUT2D eigenvalue weighted by molar-refractivity contribution is 0.0949. The van der Waals surface area contributed by atoms with Crippen LogP contribution in [0, 0.1) is 0 Å². The number of hydrogen-bond donors (Lipinski definition) is 1. The number of piperidine rings is 1. The molecule has 0 amide bonds. The normalized spacial score (nSPS) is 28.1. The molecule has 2 heteroatoms. The molecule has 1 aromatic carbocycles. The van der Waals surface area contributed by atoms with Gasteiger partial charge in [0.05, 0.1) is 0 Å². The largest absolute Gasteiger partial charge is 0.312 e. The number of hydrogen-bond acceptors (Lipinski definition) is 2. The van der Waals surface area contributed by atoms with E-state index in [0.717, 1.165) is 31.7 Å². The van der Waals surface area contributed by atoms with Gasteiger partial charge in [0.1, 0.15) is 0 Å². The molecule has 2 aliphatic heterocycles. The van der Waals surface area contributed by atoms with Crippen LogP contribution in [-0.2, 0) is 19.5 Å². The summed E-state index contributed by atoms with van der Waals surface area (Å²) < 4.78 is 0. The molecule has 1 saturated heterocycles. The number of fused-ring (bicyclic) bond motifs is 1. The third-order valence-corrected chi connectivity index (χ3v) is 4.97. The molecule has 2 aliphatic rings. The van der Waals surface area contributed by atoms with E-state index >= 15 is 0 Å². The van der Waals surface area contributed by atoms with E-state index in [-0.39, 0.29) is 0 Å². The maximum atomic E-state index is 3.48. The number of nitrogens with zero attached hydrogens (tertiary/aromatic N) is 1. The first-order valence-corrected chi connectivity index (χ1v) is 7.82. The van der Waals surface area contributed by atoms with Gasteiger partial charge >= 0.3 is 0 Å². The van der Waals surface area contributed by atoms with E-state index in [2.05, 4.69) is 42.3 Å². The SMILES string of the molecule is C[C@@H]1CCC[C@H](C)N1Cc1cccc2c1CCNC2. The molecule has 0 aliphatic carbocycles. The molecule has 0 bridgehead atoms. The van der Waals surface area contributed by atoms with E-state index in [9.17, 15) is 0 Å². The quantitative estimate of drug-likeness (QED) is 0.877. The summed E-state index contributed by atoms with van der Waals surface area (Å²) >= 11 is 0. The minimum absolute atomic E-state index is 0.737. The third kappa shape index (κ3) is 2.70. The van der Waals surface area contributed by atoms with Crippen molar-refractivity contribution in [3.05, 3.63) is 34.9 Å². The summed E-state index contributed by atoms with van der Waals surface area (Å²) in [4.78, 5) is 2.71. The van der Waals surface area contributed by atoms with E-state index < -0.39 is 0 Å². The van der Waals surface area contributed by atoms with Gasteiger partial charge < -0.3 is 5.32 Å². The molecular formula is C17H26N2. The fraction of sp³-hybridized carbons (Fsp3) is 0.647. The molecule has 1 fully saturated rings. The Hall–Kier alpha value is -0.860. The summed E-state index contributed by atoms with van der Waals surface area (Å²) in [5, 5.41) is 3.48. The summed E-state index contributed by atoms with van der Waals surface area (Å²) in [5.41, 5.74) is 4.70. The van der Waals surface area contributed by atoms with Crippen molar-refractivity contribution in [2.45, 2.75) is 64.7 Å². The Morgan fingerprint density at radius 1 is 1.21 bits per heavy atom. The second-order valence-electron chi connectivity index (χ2n) is 6.28. The Morgan fingerprint density at radius 2 is 2.00 bits per heavy atom. The first-order chi connectivity index (χ1) is 9.25. The highest BCUT2D eigenvalue weighted by molar-refractivity contribution is 5.37. The van der Waals surface area contributed by atoms with Crippen molar-refractivity contribution in [1.82, 2.24) is 10.2 Å². The van der Waals surface area contributed by atoms with Gasteiger partial charge in [0, 0.05) is 25.2 Å². The molecule has 2 atom stereocenters. The van der Waals surface area contributed by atoms with Crippen molar-refractivity contribution in [3.8, 4) is 0 Å². The van der Waals surface area contributed by atoms with Gasteiger partial charge in [-0.05, 0) is 56.3 Å². The first-order valence-electron chi connectivity index (χ1n) is 7.82. The second-order valence-corrected chi connectivity index (χ2v) is 6.28. The summed E-state index contributed by atoms with van der Waals surface area (Å²) in [6.45, 7) is 8.12. The molecule has 3 rings (SSSR count). The topological polar surface area (TPSA) is 15.3 Å². The van der Waals surface area contributed by atoms with Gasteiger partial charge in [-0.15, -0.1) is 0 Å². The van der Waals surface area contributed by atoms with E-state index in [1.165, 1.54) is 31.2 Å². The number of benzene rings is 1. The lowest BCUT2D eigenvalue weighted by Crippen LogP contribution is -2.43. The van der Waals surface area contributed by atoms with Crippen LogP contribution in [0.2, 0.25) is 0 Å². The summed E-state index contributed by atoms with van der Waals surface area (Å²) in [6, 6.07) is 8.34. The van der Waals surface area contributed by atoms with Crippen molar-refractivity contribution in [2.24, 2.45) is 0 Å². The van der Waals surface area contributed by atoms with Gasteiger partial charge in [-0.25, -0.2) is 0 Å². The minimum atomic E-state index is 0.737. The van der Waals surface area contributed by atoms with Crippen molar-refractivity contribution in [2.75, 3.05) is 6.54 Å². The van der Waals surface area contributed by atoms with E-state index in [4.69, 9.17) is 0 Å². The second kappa shape index (κ2) is 5.64. The fourth-order valence-electron chi connectivity index (χ4n) is 3.74. The number of rotatable bonds is 2. The molecule has 104 valence electrons. The summed E-state index contributed by atoms with van der Waals surface area (Å²) in [5.74, 6) is 0. The monoisotopic (exact) mass is 258 g/mol. The van der Waals surface area contributed by atoms with Gasteiger partial charge in [0.15, 0.2) is 0 Å². The van der Waals surface area contributed by atoms with Gasteiger partial charge in [0.25, 0.3) is 0 Å². The average Bonchev–Trinajstić information content (AvgIpc) is 2.43. The fourth-order valence-corrected chi connectivity index (χ4v) is 3.74. The Balaban J connectivity index is 1.82. The summed E-state index contributed by atoms with van der Waals surface area (Å²) in [6.07, 6.45) is 5.32. The van der Waals surface area contributed by atoms with Gasteiger partial charge in [0.2, 0.25) is 0 Å². The Morgan fingerprint density at radius 3 is 2.79 bits per heavy atom. The zero-order chi connectivity index (χ0) is 13.2. The van der Waals surface area contributed by atoms with Crippen LogP contribution in [-0.4, -0.2) is 23.5 Å². The highest BCUT2D eigenvalue weighted by Crippen LogP contribution is 2.27. The highest BCUT2D eigenvalue weighted by Gasteiger charge is 2.25. The van der Waals surface area contributed by atoms with Crippen LogP contribution in [0.5, 0.6) is 0 Å². The van der Waals surface area contributed by atoms with E-state index in [0.29, 0.717) is 0 Å². The minimum Gasteiger partial charge on any atom is -0.312 e. The summed E-state index contributed by atoms with van der Waals surface area (Å²) in [7, 11) is 0. The molecule has 19 heavy (non-hydrogen) atoms. The average molecular weight is 258 g/mol. The predicted octanol–water partition coefficient (Wildman–Crippen LogP) is 3.10. The Bertz CT molecular complexity index is 431. The van der Waals surface area contributed by atoms with E-state index in [1.54, 1.807) is 11.1 Å². The first kappa shape index (κ1) is 13.1. The lowest BCUT2D eigenvalue weighted by atomic mass is 9.92. The molecule has 0 spiro atoms. The Labute approximate surface area is 117 Å². The molecule has 2 heterocycles. The van der Waals surface area contributed by atoms with Crippen molar-refractivity contribution in [3.63, 3.8) is 0 Å². The molecule has 0 saturated carbocycles. The van der Waals surface area contributed by atoms with Crippen LogP contribution in [0.25, 0.3) is 0 Å². The molecule has 0 unspecified atom stereocenters. The van der Waals surface area contributed by atoms with Crippen LogP contribution < -0.4 is 5.32 Å². The number of likely N-dealkylation sites (tertiary alicyclic amines) is 1.